The van der Waals surface area contributed by atoms with Gasteiger partial charge in [0.25, 0.3) is 0 Å². The summed E-state index contributed by atoms with van der Waals surface area (Å²) in [6, 6.07) is -0.0183. The van der Waals surface area contributed by atoms with E-state index in [4.69, 9.17) is 4.43 Å². The van der Waals surface area contributed by atoms with Crippen LogP contribution in [-0.2, 0) is 14.0 Å². The third kappa shape index (κ3) is 2.96. The zero-order valence-corrected chi connectivity index (χ0v) is 18.7. The molecular formula is C20H34BNO4Si. The van der Waals surface area contributed by atoms with E-state index in [9.17, 15) is 14.4 Å². The molecule has 3 rings (SSSR count). The predicted molar refractivity (Wildman–Crippen MR) is 110 cm³/mol. The molecule has 27 heavy (non-hydrogen) atoms. The highest BCUT2D eigenvalue weighted by molar-refractivity contribution is 6.74. The minimum absolute atomic E-state index is 0.0476. The molecule has 5 unspecified atom stereocenters. The van der Waals surface area contributed by atoms with Crippen LogP contribution in [0.3, 0.4) is 0 Å². The predicted octanol–water partition coefficient (Wildman–Crippen LogP) is 2.63. The standard InChI is InChI=1S/C20H34BNO4Si/c1-19(2,3)27(4,5)26-12-15-17-13(10-23)9-14(11-24)20(17)8-6-7-16(20)22(15)18(21)25/h10-11,13-17H,6-9,12,21H2,1-5H3/t13?,14?,15-,16?,17?,20?/m1/s1. The van der Waals surface area contributed by atoms with Crippen molar-refractivity contribution in [2.24, 2.45) is 23.2 Å². The topological polar surface area (TPSA) is 63.7 Å². The zero-order valence-electron chi connectivity index (χ0n) is 17.7. The molecule has 6 atom stereocenters. The molecule has 2 aliphatic carbocycles. The number of amides is 1. The summed E-state index contributed by atoms with van der Waals surface area (Å²) in [4.78, 5) is 38.5. The molecule has 3 fully saturated rings. The van der Waals surface area contributed by atoms with Gasteiger partial charge in [-0.05, 0) is 43.3 Å². The fourth-order valence-electron chi connectivity index (χ4n) is 6.08. The van der Waals surface area contributed by atoms with Crippen LogP contribution in [0.25, 0.3) is 0 Å². The maximum Gasteiger partial charge on any atom is 0.215 e. The maximum absolute atomic E-state index is 12.6. The molecule has 0 aromatic heterocycles. The van der Waals surface area contributed by atoms with Crippen LogP contribution in [0.4, 0.5) is 4.79 Å². The van der Waals surface area contributed by atoms with Gasteiger partial charge < -0.3 is 18.9 Å². The third-order valence-electron chi connectivity index (χ3n) is 8.24. The quantitative estimate of drug-likeness (QED) is 0.534. The minimum atomic E-state index is -1.97. The largest absolute Gasteiger partial charge is 0.415 e. The van der Waals surface area contributed by atoms with Crippen LogP contribution < -0.4 is 0 Å². The van der Waals surface area contributed by atoms with Crippen LogP contribution in [-0.4, -0.2) is 58.1 Å². The first-order valence-electron chi connectivity index (χ1n) is 10.3. The smallest absolute Gasteiger partial charge is 0.215 e. The fourth-order valence-corrected chi connectivity index (χ4v) is 7.10. The molecule has 1 heterocycles. The average Bonchev–Trinajstić information content (AvgIpc) is 3.18. The highest BCUT2D eigenvalue weighted by atomic mass is 28.4. The van der Waals surface area contributed by atoms with E-state index in [1.165, 1.54) is 0 Å². The number of hydrogen-bond donors (Lipinski definition) is 0. The Hall–Kier alpha value is -0.948. The summed E-state index contributed by atoms with van der Waals surface area (Å²) in [5.74, 6) is -0.178. The Labute approximate surface area is 165 Å². The molecule has 1 aliphatic heterocycles. The lowest BCUT2D eigenvalue weighted by molar-refractivity contribution is -0.114. The first-order valence-corrected chi connectivity index (χ1v) is 13.3. The van der Waals surface area contributed by atoms with Crippen molar-refractivity contribution in [1.82, 2.24) is 4.90 Å². The van der Waals surface area contributed by atoms with Gasteiger partial charge in [0.05, 0.1) is 12.6 Å². The average molecular weight is 391 g/mol. The van der Waals surface area contributed by atoms with E-state index in [-0.39, 0.29) is 46.1 Å². The Morgan fingerprint density at radius 1 is 1.30 bits per heavy atom. The van der Waals surface area contributed by atoms with Gasteiger partial charge in [-0.1, -0.05) is 27.2 Å². The van der Waals surface area contributed by atoms with Crippen LogP contribution in [0.1, 0.15) is 46.5 Å². The Kier molecular flexibility index (Phi) is 5.26. The van der Waals surface area contributed by atoms with Crippen molar-refractivity contribution in [3.63, 3.8) is 0 Å². The second kappa shape index (κ2) is 6.83. The molecule has 1 spiro atoms. The molecule has 150 valence electrons. The first-order chi connectivity index (χ1) is 12.5. The van der Waals surface area contributed by atoms with Gasteiger partial charge in [-0.15, -0.1) is 0 Å². The van der Waals surface area contributed by atoms with Gasteiger partial charge in [-0.25, -0.2) is 0 Å². The number of likely N-dealkylation sites (tertiary alicyclic amines) is 1. The molecule has 5 nitrogen and oxygen atoms in total. The van der Waals surface area contributed by atoms with Gasteiger partial charge in [-0.3, -0.25) is 4.79 Å². The molecule has 7 heteroatoms. The summed E-state index contributed by atoms with van der Waals surface area (Å²) < 4.78 is 6.53. The van der Waals surface area contributed by atoms with Crippen molar-refractivity contribution in [3.05, 3.63) is 0 Å². The van der Waals surface area contributed by atoms with Crippen molar-refractivity contribution in [1.29, 1.82) is 0 Å². The summed E-state index contributed by atoms with van der Waals surface area (Å²) in [7, 11) is -0.349. The highest BCUT2D eigenvalue weighted by Gasteiger charge is 2.69. The first kappa shape index (κ1) is 20.8. The Morgan fingerprint density at radius 3 is 2.48 bits per heavy atom. The SMILES string of the molecule is BC(=O)N1C2CCCC23C(C=O)CC(C=O)C3[C@H]1CO[Si](C)(C)C(C)(C)C. The number of rotatable bonds is 5. The Bertz CT molecular complexity index is 634. The van der Waals surface area contributed by atoms with Gasteiger partial charge in [0.15, 0.2) is 14.1 Å². The lowest BCUT2D eigenvalue weighted by atomic mass is 9.69. The van der Waals surface area contributed by atoms with Crippen LogP contribution >= 0.6 is 0 Å². The fraction of sp³-hybridized carbons (Fsp3) is 0.850. The van der Waals surface area contributed by atoms with Crippen LogP contribution in [0.2, 0.25) is 18.1 Å². The highest BCUT2D eigenvalue weighted by Crippen LogP contribution is 2.66. The van der Waals surface area contributed by atoms with Gasteiger partial charge in [-0.2, -0.15) is 0 Å². The van der Waals surface area contributed by atoms with Crippen molar-refractivity contribution < 1.29 is 18.8 Å². The second-order valence-corrected chi connectivity index (χ2v) is 15.2. The molecule has 0 aromatic rings. The van der Waals surface area contributed by atoms with Gasteiger partial charge in [0.2, 0.25) is 7.85 Å². The van der Waals surface area contributed by atoms with E-state index >= 15 is 0 Å². The van der Waals surface area contributed by atoms with Crippen molar-refractivity contribution >= 4 is 34.5 Å². The normalized spacial score (nSPS) is 38.6. The zero-order chi connectivity index (χ0) is 20.2. The van der Waals surface area contributed by atoms with E-state index in [2.05, 4.69) is 33.9 Å². The summed E-state index contributed by atoms with van der Waals surface area (Å²) in [6.07, 6.45) is 5.63. The van der Waals surface area contributed by atoms with Gasteiger partial charge in [0, 0.05) is 23.3 Å². The van der Waals surface area contributed by atoms with Crippen molar-refractivity contribution in [2.75, 3.05) is 6.61 Å². The lowest BCUT2D eigenvalue weighted by Gasteiger charge is -2.39. The number of hydrogen-bond acceptors (Lipinski definition) is 4. The molecular weight excluding hydrogens is 357 g/mol. The van der Waals surface area contributed by atoms with E-state index in [0.29, 0.717) is 13.0 Å². The van der Waals surface area contributed by atoms with E-state index in [1.807, 2.05) is 4.90 Å². The molecule has 1 saturated heterocycles. The molecule has 2 saturated carbocycles. The Balaban J connectivity index is 1.98. The number of aldehydes is 2. The van der Waals surface area contributed by atoms with Crippen LogP contribution in [0, 0.1) is 23.2 Å². The number of nitrogens with zero attached hydrogens (tertiary/aromatic N) is 1. The lowest BCUT2D eigenvalue weighted by Crippen LogP contribution is -2.49. The maximum atomic E-state index is 12.6. The number of carbonyl (C=O) groups excluding carboxylic acids is 3. The van der Waals surface area contributed by atoms with E-state index in [1.54, 1.807) is 7.85 Å². The summed E-state index contributed by atoms with van der Waals surface area (Å²) >= 11 is 0. The van der Waals surface area contributed by atoms with Crippen LogP contribution in [0.5, 0.6) is 0 Å². The molecule has 0 bridgehead atoms. The molecule has 0 N–H and O–H groups in total. The Morgan fingerprint density at radius 2 is 1.96 bits per heavy atom. The van der Waals surface area contributed by atoms with Crippen molar-refractivity contribution in [3.8, 4) is 0 Å². The molecule has 3 aliphatic rings. The number of carbonyl (C=O) groups is 3. The van der Waals surface area contributed by atoms with Gasteiger partial charge >= 0.3 is 0 Å². The molecule has 0 aromatic carbocycles. The summed E-state index contributed by atoms with van der Waals surface area (Å²) in [5.41, 5.74) is -0.222. The summed E-state index contributed by atoms with van der Waals surface area (Å²) in [5, 5.41) is 0.0886. The van der Waals surface area contributed by atoms with E-state index in [0.717, 1.165) is 31.8 Å². The summed E-state index contributed by atoms with van der Waals surface area (Å²) in [6.45, 7) is 11.5. The van der Waals surface area contributed by atoms with Crippen molar-refractivity contribution in [2.45, 2.75) is 76.7 Å². The van der Waals surface area contributed by atoms with E-state index < -0.39 is 8.32 Å². The second-order valence-electron chi connectivity index (χ2n) is 10.4. The molecule has 1 amide bonds. The molecule has 0 radical (unpaired) electrons. The monoisotopic (exact) mass is 391 g/mol. The minimum Gasteiger partial charge on any atom is -0.415 e. The van der Waals surface area contributed by atoms with Gasteiger partial charge in [0.1, 0.15) is 12.6 Å². The third-order valence-corrected chi connectivity index (χ3v) is 12.7. The van der Waals surface area contributed by atoms with Crippen LogP contribution in [0.15, 0.2) is 0 Å².